The lowest BCUT2D eigenvalue weighted by Crippen LogP contribution is -2.34. The Bertz CT molecular complexity index is 1160. The number of anilines is 1. The van der Waals surface area contributed by atoms with Crippen molar-refractivity contribution in [3.8, 4) is 0 Å². The minimum Gasteiger partial charge on any atom is -0.478 e. The lowest BCUT2D eigenvalue weighted by atomic mass is 9.82. The van der Waals surface area contributed by atoms with Crippen LogP contribution in [0.4, 0.5) is 19.0 Å². The minimum atomic E-state index is -4.92. The second-order valence-corrected chi connectivity index (χ2v) is 7.16. The van der Waals surface area contributed by atoms with Gasteiger partial charge in [-0.1, -0.05) is 12.1 Å². The SMILES string of the molecule is CCOC(=O)C1=C(C(F)(F)F)Nc2c(c(=O)n3n2CCC3)C1c1ccc(C(=O)O)cc1. The van der Waals surface area contributed by atoms with Crippen LogP contribution in [0.25, 0.3) is 0 Å². The number of rotatable bonds is 4. The molecule has 0 saturated carbocycles. The predicted octanol–water partition coefficient (Wildman–Crippen LogP) is 2.69. The summed E-state index contributed by atoms with van der Waals surface area (Å²) in [5.41, 5.74) is -2.43. The predicted molar refractivity (Wildman–Crippen MR) is 102 cm³/mol. The highest BCUT2D eigenvalue weighted by Gasteiger charge is 2.48. The highest BCUT2D eigenvalue weighted by atomic mass is 19.4. The maximum Gasteiger partial charge on any atom is 0.431 e. The summed E-state index contributed by atoms with van der Waals surface area (Å²) < 4.78 is 49.7. The molecule has 164 valence electrons. The number of carbonyl (C=O) groups is 2. The van der Waals surface area contributed by atoms with Gasteiger partial charge < -0.3 is 15.2 Å². The van der Waals surface area contributed by atoms with E-state index in [0.717, 1.165) is 0 Å². The van der Waals surface area contributed by atoms with Gasteiger partial charge >= 0.3 is 18.1 Å². The van der Waals surface area contributed by atoms with Gasteiger partial charge in [-0.2, -0.15) is 13.2 Å². The summed E-state index contributed by atoms with van der Waals surface area (Å²) in [4.78, 5) is 37.0. The maximum absolute atomic E-state index is 14.0. The molecule has 4 rings (SSSR count). The van der Waals surface area contributed by atoms with Gasteiger partial charge in [-0.05, 0) is 31.0 Å². The largest absolute Gasteiger partial charge is 0.478 e. The first-order valence-corrected chi connectivity index (χ1v) is 9.57. The van der Waals surface area contributed by atoms with E-state index in [0.29, 0.717) is 19.5 Å². The standard InChI is InChI=1S/C20H18F3N3O5/c1-2-31-19(30)13-12(10-4-6-11(7-5-10)18(28)29)14-16(24-15(13)20(21,22)23)25-8-3-9-26(25)17(14)27/h4-7,12,24H,2-3,8-9H2,1H3,(H,28,29). The van der Waals surface area contributed by atoms with Gasteiger partial charge in [-0.3, -0.25) is 9.48 Å². The zero-order valence-electron chi connectivity index (χ0n) is 16.3. The fraction of sp³-hybridized carbons (Fsp3) is 0.350. The first kappa shape index (κ1) is 20.8. The van der Waals surface area contributed by atoms with Crippen molar-refractivity contribution in [1.82, 2.24) is 9.36 Å². The van der Waals surface area contributed by atoms with Gasteiger partial charge in [0.15, 0.2) is 0 Å². The van der Waals surface area contributed by atoms with Crippen molar-refractivity contribution in [2.45, 2.75) is 38.5 Å². The van der Waals surface area contributed by atoms with Crippen LogP contribution in [0.15, 0.2) is 40.3 Å². The number of halogens is 3. The quantitative estimate of drug-likeness (QED) is 0.714. The van der Waals surface area contributed by atoms with Crippen LogP contribution < -0.4 is 10.9 Å². The van der Waals surface area contributed by atoms with E-state index in [1.165, 1.54) is 40.6 Å². The molecule has 0 bridgehead atoms. The number of allylic oxidation sites excluding steroid dienone is 1. The first-order valence-electron chi connectivity index (χ1n) is 9.57. The Labute approximate surface area is 173 Å². The zero-order valence-corrected chi connectivity index (χ0v) is 16.3. The van der Waals surface area contributed by atoms with Crippen molar-refractivity contribution in [3.05, 3.63) is 62.6 Å². The van der Waals surface area contributed by atoms with Crippen LogP contribution in [0.3, 0.4) is 0 Å². The lowest BCUT2D eigenvalue weighted by molar-refractivity contribution is -0.140. The summed E-state index contributed by atoms with van der Waals surface area (Å²) in [6.45, 7) is 2.00. The van der Waals surface area contributed by atoms with Gasteiger partial charge in [0.2, 0.25) is 0 Å². The number of carboxylic acids is 1. The Balaban J connectivity index is 2.01. The van der Waals surface area contributed by atoms with E-state index >= 15 is 0 Å². The molecule has 3 heterocycles. The second kappa shape index (κ2) is 7.33. The molecular formula is C20H18F3N3O5. The van der Waals surface area contributed by atoms with Crippen LogP contribution in [0.5, 0.6) is 0 Å². The van der Waals surface area contributed by atoms with Gasteiger partial charge in [0.1, 0.15) is 11.5 Å². The Kier molecular flexibility index (Phi) is 4.91. The van der Waals surface area contributed by atoms with Crippen LogP contribution >= 0.6 is 0 Å². The summed E-state index contributed by atoms with van der Waals surface area (Å²) in [7, 11) is 0. The Morgan fingerprint density at radius 1 is 1.19 bits per heavy atom. The fourth-order valence-corrected chi connectivity index (χ4v) is 4.11. The molecule has 0 spiro atoms. The number of hydrogen-bond donors (Lipinski definition) is 2. The molecule has 31 heavy (non-hydrogen) atoms. The van der Waals surface area contributed by atoms with E-state index in [1.54, 1.807) is 0 Å². The van der Waals surface area contributed by atoms with Crippen molar-refractivity contribution < 1.29 is 32.6 Å². The number of alkyl halides is 3. The number of aromatic carboxylic acids is 1. The molecule has 2 aromatic rings. The molecule has 0 aliphatic carbocycles. The average molecular weight is 437 g/mol. The van der Waals surface area contributed by atoms with Crippen molar-refractivity contribution in [1.29, 1.82) is 0 Å². The molecule has 8 nitrogen and oxygen atoms in total. The second-order valence-electron chi connectivity index (χ2n) is 7.16. The molecule has 2 aliphatic heterocycles. The summed E-state index contributed by atoms with van der Waals surface area (Å²) in [6, 6.07) is 5.06. The normalized spacial score (nSPS) is 17.7. The highest BCUT2D eigenvalue weighted by Crippen LogP contribution is 2.45. The van der Waals surface area contributed by atoms with E-state index in [-0.39, 0.29) is 29.1 Å². The van der Waals surface area contributed by atoms with Crippen LogP contribution in [-0.2, 0) is 22.6 Å². The number of carbonyl (C=O) groups excluding carboxylic acids is 1. The molecule has 2 aliphatic rings. The zero-order chi connectivity index (χ0) is 22.5. The highest BCUT2D eigenvalue weighted by molar-refractivity contribution is 5.95. The van der Waals surface area contributed by atoms with E-state index in [1.807, 2.05) is 0 Å². The summed E-state index contributed by atoms with van der Waals surface area (Å²) >= 11 is 0. The number of carboxylic acid groups (broad SMARTS) is 1. The molecular weight excluding hydrogens is 419 g/mol. The van der Waals surface area contributed by atoms with E-state index in [2.05, 4.69) is 5.32 Å². The molecule has 1 atom stereocenters. The average Bonchev–Trinajstić information content (AvgIpc) is 3.29. The molecule has 2 N–H and O–H groups in total. The topological polar surface area (TPSA) is 103 Å². The number of nitrogens with one attached hydrogen (secondary N) is 1. The van der Waals surface area contributed by atoms with Gasteiger partial charge in [-0.15, -0.1) is 0 Å². The molecule has 11 heteroatoms. The molecule has 1 unspecified atom stereocenters. The summed E-state index contributed by atoms with van der Waals surface area (Å²) in [6.07, 6.45) is -4.33. The number of hydrogen-bond acceptors (Lipinski definition) is 5. The molecule has 0 fully saturated rings. The summed E-state index contributed by atoms with van der Waals surface area (Å²) in [5.74, 6) is -3.79. The Morgan fingerprint density at radius 3 is 2.42 bits per heavy atom. The van der Waals surface area contributed by atoms with Crippen molar-refractivity contribution in [2.75, 3.05) is 11.9 Å². The van der Waals surface area contributed by atoms with Crippen molar-refractivity contribution >= 4 is 17.8 Å². The maximum atomic E-state index is 14.0. The molecule has 1 aromatic carbocycles. The molecule has 0 amide bonds. The van der Waals surface area contributed by atoms with Gasteiger partial charge in [-0.25, -0.2) is 14.3 Å². The molecule has 0 saturated heterocycles. The monoisotopic (exact) mass is 437 g/mol. The lowest BCUT2D eigenvalue weighted by Gasteiger charge is -2.30. The van der Waals surface area contributed by atoms with Gasteiger partial charge in [0.05, 0.1) is 29.2 Å². The van der Waals surface area contributed by atoms with Crippen molar-refractivity contribution in [2.24, 2.45) is 0 Å². The number of esters is 1. The van der Waals surface area contributed by atoms with Crippen LogP contribution in [0, 0.1) is 0 Å². The van der Waals surface area contributed by atoms with E-state index in [4.69, 9.17) is 9.84 Å². The molecule has 1 aromatic heterocycles. The molecule has 0 radical (unpaired) electrons. The number of ether oxygens (including phenoxy) is 1. The number of nitrogens with zero attached hydrogens (tertiary/aromatic N) is 2. The number of aromatic nitrogens is 2. The van der Waals surface area contributed by atoms with Crippen LogP contribution in [0.2, 0.25) is 0 Å². The van der Waals surface area contributed by atoms with Gasteiger partial charge in [0, 0.05) is 13.1 Å². The van der Waals surface area contributed by atoms with E-state index in [9.17, 15) is 27.6 Å². The first-order chi connectivity index (χ1) is 14.6. The summed E-state index contributed by atoms with van der Waals surface area (Å²) in [5, 5.41) is 11.4. The van der Waals surface area contributed by atoms with Crippen LogP contribution in [-0.4, -0.2) is 39.2 Å². The van der Waals surface area contributed by atoms with Crippen LogP contribution in [0.1, 0.15) is 40.7 Å². The Hall–Kier alpha value is -3.50. The van der Waals surface area contributed by atoms with E-state index < -0.39 is 40.9 Å². The number of benzene rings is 1. The smallest absolute Gasteiger partial charge is 0.431 e. The third kappa shape index (κ3) is 3.29. The third-order valence-corrected chi connectivity index (χ3v) is 5.37. The van der Waals surface area contributed by atoms with Gasteiger partial charge in [0.25, 0.3) is 5.56 Å². The van der Waals surface area contributed by atoms with Crippen molar-refractivity contribution in [3.63, 3.8) is 0 Å². The minimum absolute atomic E-state index is 0.00109. The fourth-order valence-electron chi connectivity index (χ4n) is 4.11. The third-order valence-electron chi connectivity index (χ3n) is 5.37. The Morgan fingerprint density at radius 2 is 1.84 bits per heavy atom. The number of fused-ring (bicyclic) bond motifs is 3.